The Morgan fingerprint density at radius 1 is 1.15 bits per heavy atom. The number of aromatic nitrogens is 1. The van der Waals surface area contributed by atoms with E-state index in [-0.39, 0.29) is 30.9 Å². The first-order valence-electron chi connectivity index (χ1n) is 7.82. The highest BCUT2D eigenvalue weighted by molar-refractivity contribution is 7.14. The first-order valence-corrected chi connectivity index (χ1v) is 9.64. The second-order valence-corrected chi connectivity index (χ2v) is 7.23. The van der Waals surface area contributed by atoms with Crippen LogP contribution in [0.2, 0.25) is 0 Å². The molecule has 3 rings (SSSR count). The van der Waals surface area contributed by atoms with Crippen LogP contribution < -0.4 is 5.32 Å². The number of amides is 1. The van der Waals surface area contributed by atoms with E-state index in [1.54, 1.807) is 17.4 Å². The number of thiazole rings is 1. The third kappa shape index (κ3) is 4.70. The van der Waals surface area contributed by atoms with Crippen LogP contribution in [0.3, 0.4) is 0 Å². The second kappa shape index (κ2) is 8.01. The van der Waals surface area contributed by atoms with Gasteiger partial charge in [-0.2, -0.15) is 24.5 Å². The van der Waals surface area contributed by atoms with Gasteiger partial charge in [0.1, 0.15) is 5.01 Å². The Morgan fingerprint density at radius 3 is 2.69 bits per heavy atom. The Labute approximate surface area is 156 Å². The van der Waals surface area contributed by atoms with Crippen LogP contribution >= 0.6 is 22.7 Å². The van der Waals surface area contributed by atoms with Crippen LogP contribution in [-0.4, -0.2) is 17.4 Å². The van der Waals surface area contributed by atoms with Crippen molar-refractivity contribution in [3.8, 4) is 10.6 Å². The zero-order valence-corrected chi connectivity index (χ0v) is 15.2. The molecule has 0 radical (unpaired) electrons. The largest absolute Gasteiger partial charge is 0.416 e. The van der Waals surface area contributed by atoms with Crippen LogP contribution in [0.5, 0.6) is 0 Å². The van der Waals surface area contributed by atoms with Gasteiger partial charge >= 0.3 is 6.18 Å². The summed E-state index contributed by atoms with van der Waals surface area (Å²) < 4.78 is 38.8. The van der Waals surface area contributed by atoms with Gasteiger partial charge in [0.25, 0.3) is 0 Å². The van der Waals surface area contributed by atoms with Gasteiger partial charge in [-0.3, -0.25) is 4.79 Å². The Morgan fingerprint density at radius 2 is 1.96 bits per heavy atom. The fourth-order valence-corrected chi connectivity index (χ4v) is 4.02. The van der Waals surface area contributed by atoms with Crippen molar-refractivity contribution in [1.82, 2.24) is 10.3 Å². The van der Waals surface area contributed by atoms with Gasteiger partial charge in [0.15, 0.2) is 0 Å². The lowest BCUT2D eigenvalue weighted by Gasteiger charge is -2.12. The summed E-state index contributed by atoms with van der Waals surface area (Å²) >= 11 is 3.04. The molecular formula is C18H15F3N2OS2. The van der Waals surface area contributed by atoms with Gasteiger partial charge < -0.3 is 5.32 Å². The lowest BCUT2D eigenvalue weighted by Crippen LogP contribution is -2.27. The predicted molar refractivity (Wildman–Crippen MR) is 97.3 cm³/mol. The van der Waals surface area contributed by atoms with E-state index in [4.69, 9.17) is 0 Å². The molecule has 1 amide bonds. The fourth-order valence-electron chi connectivity index (χ4n) is 2.49. The van der Waals surface area contributed by atoms with Crippen LogP contribution in [0.15, 0.2) is 46.5 Å². The molecule has 1 N–H and O–H groups in total. The van der Waals surface area contributed by atoms with Crippen molar-refractivity contribution in [2.75, 3.05) is 6.54 Å². The fraction of sp³-hybridized carbons (Fsp3) is 0.222. The van der Waals surface area contributed by atoms with E-state index in [9.17, 15) is 18.0 Å². The highest BCUT2D eigenvalue weighted by Crippen LogP contribution is 2.32. The summed E-state index contributed by atoms with van der Waals surface area (Å²) in [5.41, 5.74) is 1.20. The van der Waals surface area contributed by atoms with E-state index in [1.807, 2.05) is 22.2 Å². The number of hydrogen-bond acceptors (Lipinski definition) is 4. The zero-order valence-electron chi connectivity index (χ0n) is 13.5. The molecule has 0 aliphatic carbocycles. The van der Waals surface area contributed by atoms with Crippen molar-refractivity contribution in [3.05, 3.63) is 63.3 Å². The van der Waals surface area contributed by atoms with E-state index in [0.29, 0.717) is 5.69 Å². The third-order valence-corrected chi connectivity index (χ3v) is 5.32. The summed E-state index contributed by atoms with van der Waals surface area (Å²) in [5, 5.41) is 9.29. The Hall–Kier alpha value is -2.19. The average molecular weight is 396 g/mol. The summed E-state index contributed by atoms with van der Waals surface area (Å²) in [4.78, 5) is 16.4. The van der Waals surface area contributed by atoms with E-state index < -0.39 is 11.7 Å². The number of benzene rings is 1. The van der Waals surface area contributed by atoms with Crippen molar-refractivity contribution in [2.45, 2.75) is 19.0 Å². The molecule has 8 heteroatoms. The van der Waals surface area contributed by atoms with Crippen molar-refractivity contribution in [1.29, 1.82) is 0 Å². The van der Waals surface area contributed by atoms with Gasteiger partial charge in [0.05, 0.1) is 17.7 Å². The molecule has 0 saturated carbocycles. The molecule has 0 fully saturated rings. The summed E-state index contributed by atoms with van der Waals surface area (Å²) in [5.74, 6) is -0.253. The van der Waals surface area contributed by atoms with Gasteiger partial charge in [0.2, 0.25) is 5.91 Å². The van der Waals surface area contributed by atoms with Crippen molar-refractivity contribution in [3.63, 3.8) is 0 Å². The van der Waals surface area contributed by atoms with Gasteiger partial charge in [-0.1, -0.05) is 18.2 Å². The molecule has 0 aliphatic rings. The molecule has 0 spiro atoms. The lowest BCUT2D eigenvalue weighted by molar-refractivity contribution is -0.138. The minimum absolute atomic E-state index is 0.113. The number of halogens is 3. The van der Waals surface area contributed by atoms with E-state index in [0.717, 1.165) is 16.6 Å². The topological polar surface area (TPSA) is 42.0 Å². The van der Waals surface area contributed by atoms with E-state index >= 15 is 0 Å². The van der Waals surface area contributed by atoms with Gasteiger partial charge in [0, 0.05) is 22.9 Å². The van der Waals surface area contributed by atoms with E-state index in [1.165, 1.54) is 23.5 Å². The number of alkyl halides is 3. The molecule has 0 atom stereocenters. The number of nitrogens with one attached hydrogen (secondary N) is 1. The summed E-state index contributed by atoms with van der Waals surface area (Å²) in [7, 11) is 0. The highest BCUT2D eigenvalue weighted by atomic mass is 32.1. The first-order chi connectivity index (χ1) is 12.4. The quantitative estimate of drug-likeness (QED) is 0.651. The molecule has 0 bridgehead atoms. The van der Waals surface area contributed by atoms with Gasteiger partial charge in [-0.15, -0.1) is 11.3 Å². The molecule has 2 heterocycles. The number of rotatable bonds is 6. The minimum atomic E-state index is -4.39. The monoisotopic (exact) mass is 396 g/mol. The maximum absolute atomic E-state index is 12.9. The molecular weight excluding hydrogens is 381 g/mol. The average Bonchev–Trinajstić information content (AvgIpc) is 3.25. The molecule has 3 nitrogen and oxygen atoms in total. The summed E-state index contributed by atoms with van der Waals surface area (Å²) in [6.45, 7) is 0.146. The molecule has 26 heavy (non-hydrogen) atoms. The van der Waals surface area contributed by atoms with Crippen molar-refractivity contribution < 1.29 is 18.0 Å². The van der Waals surface area contributed by atoms with Crippen molar-refractivity contribution in [2.24, 2.45) is 0 Å². The Kier molecular flexibility index (Phi) is 5.73. The van der Waals surface area contributed by atoms with Crippen LogP contribution in [0.25, 0.3) is 10.6 Å². The van der Waals surface area contributed by atoms with Crippen LogP contribution in [0.4, 0.5) is 13.2 Å². The number of nitrogens with zero attached hydrogens (tertiary/aromatic N) is 1. The molecule has 3 aromatic rings. The molecule has 0 aliphatic heterocycles. The Bertz CT molecular complexity index is 873. The van der Waals surface area contributed by atoms with Gasteiger partial charge in [-0.25, -0.2) is 4.98 Å². The van der Waals surface area contributed by atoms with E-state index in [2.05, 4.69) is 10.3 Å². The molecule has 136 valence electrons. The lowest BCUT2D eigenvalue weighted by atomic mass is 10.0. The standard InChI is InChI=1S/C18H15F3N2OS2/c19-18(20,21)15-4-2-1-3-12(15)5-7-22-16(24)9-14-11-26-17(23-14)13-6-8-25-10-13/h1-4,6,8,10-11H,5,7,9H2,(H,22,24). The summed E-state index contributed by atoms with van der Waals surface area (Å²) in [6.07, 6.45) is -4.15. The number of thiophene rings is 1. The molecule has 1 aromatic carbocycles. The molecule has 2 aromatic heterocycles. The van der Waals surface area contributed by atoms with Crippen molar-refractivity contribution >= 4 is 28.6 Å². The summed E-state index contributed by atoms with van der Waals surface area (Å²) in [6, 6.07) is 7.37. The maximum Gasteiger partial charge on any atom is 0.416 e. The SMILES string of the molecule is O=C(Cc1csc(-c2ccsc2)n1)NCCc1ccccc1C(F)(F)F. The normalized spacial score (nSPS) is 11.5. The Balaban J connectivity index is 1.53. The number of carbonyl (C=O) groups is 1. The number of hydrogen-bond donors (Lipinski definition) is 1. The zero-order chi connectivity index (χ0) is 18.6. The van der Waals surface area contributed by atoms with Gasteiger partial charge in [-0.05, 0) is 29.5 Å². The minimum Gasteiger partial charge on any atom is -0.355 e. The van der Waals surface area contributed by atoms with Crippen LogP contribution in [0.1, 0.15) is 16.8 Å². The smallest absolute Gasteiger partial charge is 0.355 e. The maximum atomic E-state index is 12.9. The number of carbonyl (C=O) groups excluding carboxylic acids is 1. The second-order valence-electron chi connectivity index (χ2n) is 5.59. The predicted octanol–water partition coefficient (Wildman–Crippen LogP) is 4.79. The highest BCUT2D eigenvalue weighted by Gasteiger charge is 2.32. The first kappa shape index (κ1) is 18.6. The van der Waals surface area contributed by atoms with Crippen LogP contribution in [0, 0.1) is 0 Å². The third-order valence-electron chi connectivity index (χ3n) is 3.70. The van der Waals surface area contributed by atoms with Crippen LogP contribution in [-0.2, 0) is 23.8 Å². The molecule has 0 unspecified atom stereocenters. The molecule has 0 saturated heterocycles.